The van der Waals surface area contributed by atoms with Crippen LogP contribution >= 0.6 is 0 Å². The summed E-state index contributed by atoms with van der Waals surface area (Å²) in [4.78, 5) is 8.90. The third kappa shape index (κ3) is 5.45. The molecular weight excluding hydrogens is 285 g/mol. The van der Waals surface area contributed by atoms with Gasteiger partial charge >= 0.3 is 12.1 Å². The zero-order valence-corrected chi connectivity index (χ0v) is 10.2. The largest absolute Gasteiger partial charge is 0.490 e. The van der Waals surface area contributed by atoms with Crippen molar-refractivity contribution in [1.29, 1.82) is 0 Å². The molecule has 10 heteroatoms. The lowest BCUT2D eigenvalue weighted by Crippen LogP contribution is -2.46. The first-order valence-corrected chi connectivity index (χ1v) is 5.55. The highest BCUT2D eigenvalue weighted by atomic mass is 19.4. The molecule has 0 spiro atoms. The van der Waals surface area contributed by atoms with Crippen LogP contribution in [-0.4, -0.2) is 46.7 Å². The van der Waals surface area contributed by atoms with Crippen LogP contribution in [0.1, 0.15) is 12.2 Å². The van der Waals surface area contributed by atoms with Crippen LogP contribution in [0.3, 0.4) is 0 Å². The van der Waals surface area contributed by atoms with Crippen molar-refractivity contribution in [1.82, 2.24) is 10.5 Å². The molecule has 0 bridgehead atoms. The number of carboxylic acid groups (broad SMARTS) is 1. The Morgan fingerprint density at radius 1 is 1.60 bits per heavy atom. The fraction of sp³-hybridized carbons (Fsp3) is 0.600. The van der Waals surface area contributed by atoms with E-state index in [-0.39, 0.29) is 6.61 Å². The van der Waals surface area contributed by atoms with Gasteiger partial charge in [0.25, 0.3) is 5.88 Å². The van der Waals surface area contributed by atoms with Crippen molar-refractivity contribution in [3.05, 3.63) is 11.8 Å². The SMILES string of the molecule is O=C(O)C(F)(F)F.OCc1cc(OC[C@@H]2CCN2)no1. The molecule has 1 aliphatic heterocycles. The quantitative estimate of drug-likeness (QED) is 0.745. The lowest BCUT2D eigenvalue weighted by atomic mass is 10.1. The molecule has 2 heterocycles. The molecule has 7 nitrogen and oxygen atoms in total. The van der Waals surface area contributed by atoms with E-state index in [1.54, 1.807) is 6.07 Å². The molecule has 0 radical (unpaired) electrons. The van der Waals surface area contributed by atoms with Crippen molar-refractivity contribution < 1.29 is 37.4 Å². The Labute approximate surface area is 111 Å². The summed E-state index contributed by atoms with van der Waals surface area (Å²) in [6.07, 6.45) is -3.94. The second kappa shape index (κ2) is 7.10. The summed E-state index contributed by atoms with van der Waals surface area (Å²) >= 11 is 0. The molecule has 1 aliphatic rings. The molecule has 0 saturated carbocycles. The Balaban J connectivity index is 0.000000246. The number of hydrogen-bond donors (Lipinski definition) is 3. The van der Waals surface area contributed by atoms with E-state index in [0.717, 1.165) is 13.0 Å². The minimum Gasteiger partial charge on any atom is -0.475 e. The van der Waals surface area contributed by atoms with Crippen LogP contribution in [0.2, 0.25) is 0 Å². The lowest BCUT2D eigenvalue weighted by Gasteiger charge is -2.26. The van der Waals surface area contributed by atoms with Gasteiger partial charge < -0.3 is 24.8 Å². The number of ether oxygens (including phenoxy) is 1. The van der Waals surface area contributed by atoms with Crippen molar-refractivity contribution in [2.75, 3.05) is 13.2 Å². The number of carboxylic acids is 1. The van der Waals surface area contributed by atoms with Gasteiger partial charge in [0.2, 0.25) is 0 Å². The van der Waals surface area contributed by atoms with Gasteiger partial charge in [-0.3, -0.25) is 0 Å². The first-order chi connectivity index (χ1) is 9.32. The highest BCUT2D eigenvalue weighted by molar-refractivity contribution is 5.73. The number of halogens is 3. The van der Waals surface area contributed by atoms with Gasteiger partial charge in [-0.1, -0.05) is 0 Å². The molecule has 0 amide bonds. The van der Waals surface area contributed by atoms with E-state index >= 15 is 0 Å². The maximum Gasteiger partial charge on any atom is 0.490 e. The van der Waals surface area contributed by atoms with E-state index in [2.05, 4.69) is 10.5 Å². The van der Waals surface area contributed by atoms with Crippen LogP contribution in [0.15, 0.2) is 10.6 Å². The Morgan fingerprint density at radius 3 is 2.55 bits per heavy atom. The number of aliphatic hydroxyl groups excluding tert-OH is 1. The molecule has 0 unspecified atom stereocenters. The Bertz CT molecular complexity index is 431. The first-order valence-electron chi connectivity index (χ1n) is 5.55. The second-order valence-corrected chi connectivity index (χ2v) is 3.84. The number of aliphatic carboxylic acids is 1. The predicted molar refractivity (Wildman–Crippen MR) is 58.0 cm³/mol. The normalized spacial score (nSPS) is 17.7. The number of aliphatic hydroxyl groups is 1. The molecular formula is C10H13F3N2O5. The Kier molecular flexibility index (Phi) is 5.77. The molecule has 1 aromatic heterocycles. The standard InChI is InChI=1S/C8H12N2O3.C2HF3O2/c11-4-7-3-8(10-13-7)12-5-6-1-2-9-6;3-2(4,5)1(6)7/h3,6,9,11H,1-2,4-5H2;(H,6,7)/t6-;/m0./s1. The van der Waals surface area contributed by atoms with Crippen molar-refractivity contribution in [3.8, 4) is 5.88 Å². The topological polar surface area (TPSA) is 105 Å². The number of nitrogens with one attached hydrogen (secondary N) is 1. The maximum absolute atomic E-state index is 10.6. The monoisotopic (exact) mass is 298 g/mol. The predicted octanol–water partition coefficient (Wildman–Crippen LogP) is 0.541. The zero-order chi connectivity index (χ0) is 15.2. The maximum atomic E-state index is 10.6. The van der Waals surface area contributed by atoms with Crippen LogP contribution in [0.5, 0.6) is 5.88 Å². The van der Waals surface area contributed by atoms with Gasteiger partial charge in [-0.25, -0.2) is 4.79 Å². The Hall–Kier alpha value is -1.81. The molecule has 1 fully saturated rings. The summed E-state index contributed by atoms with van der Waals surface area (Å²) in [5, 5.41) is 22.6. The summed E-state index contributed by atoms with van der Waals surface area (Å²) in [5.41, 5.74) is 0. The second-order valence-electron chi connectivity index (χ2n) is 3.84. The van der Waals surface area contributed by atoms with Gasteiger partial charge in [0.05, 0.1) is 0 Å². The number of rotatable bonds is 4. The van der Waals surface area contributed by atoms with Crippen LogP contribution < -0.4 is 10.1 Å². The highest BCUT2D eigenvalue weighted by Gasteiger charge is 2.38. The smallest absolute Gasteiger partial charge is 0.475 e. The fourth-order valence-electron chi connectivity index (χ4n) is 1.11. The molecule has 2 rings (SSSR count). The third-order valence-corrected chi connectivity index (χ3v) is 2.29. The molecule has 114 valence electrons. The number of hydrogen-bond acceptors (Lipinski definition) is 6. The Morgan fingerprint density at radius 2 is 2.20 bits per heavy atom. The van der Waals surface area contributed by atoms with E-state index in [1.165, 1.54) is 0 Å². The average Bonchev–Trinajstić information content (AvgIpc) is 2.74. The van der Waals surface area contributed by atoms with E-state index in [4.69, 9.17) is 24.3 Å². The number of carbonyl (C=O) groups is 1. The van der Waals surface area contributed by atoms with Gasteiger partial charge in [0, 0.05) is 12.1 Å². The van der Waals surface area contributed by atoms with Crippen LogP contribution in [0.25, 0.3) is 0 Å². The zero-order valence-electron chi connectivity index (χ0n) is 10.2. The molecule has 0 aromatic carbocycles. The fourth-order valence-corrected chi connectivity index (χ4v) is 1.11. The first kappa shape index (κ1) is 16.2. The van der Waals surface area contributed by atoms with E-state index in [0.29, 0.717) is 24.3 Å². The summed E-state index contributed by atoms with van der Waals surface area (Å²) in [5.74, 6) is -1.89. The summed E-state index contributed by atoms with van der Waals surface area (Å²) in [6.45, 7) is 1.53. The summed E-state index contributed by atoms with van der Waals surface area (Å²) < 4.78 is 41.8. The summed E-state index contributed by atoms with van der Waals surface area (Å²) in [7, 11) is 0. The molecule has 1 atom stereocenters. The highest BCUT2D eigenvalue weighted by Crippen LogP contribution is 2.13. The molecule has 0 aliphatic carbocycles. The molecule has 1 saturated heterocycles. The van der Waals surface area contributed by atoms with Gasteiger partial charge in [0.1, 0.15) is 13.2 Å². The van der Waals surface area contributed by atoms with Gasteiger partial charge in [-0.15, -0.1) is 0 Å². The molecule has 20 heavy (non-hydrogen) atoms. The van der Waals surface area contributed by atoms with Gasteiger partial charge in [-0.05, 0) is 18.1 Å². The third-order valence-electron chi connectivity index (χ3n) is 2.29. The van der Waals surface area contributed by atoms with E-state index in [9.17, 15) is 13.2 Å². The summed E-state index contributed by atoms with van der Waals surface area (Å²) in [6, 6.07) is 2.04. The minimum absolute atomic E-state index is 0.141. The van der Waals surface area contributed by atoms with Crippen molar-refractivity contribution in [2.45, 2.75) is 25.2 Å². The average molecular weight is 298 g/mol. The van der Waals surface area contributed by atoms with Crippen molar-refractivity contribution in [2.24, 2.45) is 0 Å². The molecule has 1 aromatic rings. The number of nitrogens with zero attached hydrogens (tertiary/aromatic N) is 1. The molecule has 3 N–H and O–H groups in total. The van der Waals surface area contributed by atoms with E-state index < -0.39 is 12.1 Å². The van der Waals surface area contributed by atoms with Crippen LogP contribution in [0, 0.1) is 0 Å². The van der Waals surface area contributed by atoms with Gasteiger partial charge in [-0.2, -0.15) is 13.2 Å². The number of aromatic nitrogens is 1. The van der Waals surface area contributed by atoms with Crippen LogP contribution in [-0.2, 0) is 11.4 Å². The van der Waals surface area contributed by atoms with E-state index in [1.807, 2.05) is 0 Å². The van der Waals surface area contributed by atoms with Crippen molar-refractivity contribution >= 4 is 5.97 Å². The minimum atomic E-state index is -5.08. The van der Waals surface area contributed by atoms with Crippen molar-refractivity contribution in [3.63, 3.8) is 0 Å². The van der Waals surface area contributed by atoms with Gasteiger partial charge in [0.15, 0.2) is 5.76 Å². The lowest BCUT2D eigenvalue weighted by molar-refractivity contribution is -0.192. The number of alkyl halides is 3. The van der Waals surface area contributed by atoms with Crippen LogP contribution in [0.4, 0.5) is 13.2 Å².